The average Bonchev–Trinajstić information content (AvgIpc) is 3.38. The van der Waals surface area contributed by atoms with Crippen LogP contribution in [0.15, 0.2) is 97.2 Å². The molecule has 1 saturated heterocycles. The smallest absolute Gasteiger partial charge is 0.336 e. The number of non-ortho nitro benzene ring substituents is 1. The van der Waals surface area contributed by atoms with Crippen molar-refractivity contribution in [3.8, 4) is 22.4 Å². The summed E-state index contributed by atoms with van der Waals surface area (Å²) in [6.45, 7) is 2.45. The summed E-state index contributed by atoms with van der Waals surface area (Å²) < 4.78 is 40.8. The van der Waals surface area contributed by atoms with Crippen LogP contribution in [0.4, 0.5) is 18.9 Å². The average molecular weight is 586 g/mol. The number of carbonyl (C=O) groups excluding carboxylic acids is 1. The summed E-state index contributed by atoms with van der Waals surface area (Å²) in [5, 5.41) is 11.2. The highest BCUT2D eigenvalue weighted by atomic mass is 19.4. The molecule has 218 valence electrons. The van der Waals surface area contributed by atoms with Gasteiger partial charge in [-0.1, -0.05) is 30.3 Å². The van der Waals surface area contributed by atoms with Crippen LogP contribution < -0.4 is 0 Å². The molecule has 0 bridgehead atoms. The zero-order valence-electron chi connectivity index (χ0n) is 22.9. The molecular formula is C32H26F3N5O3. The number of carbonyl (C=O) groups is 1. The Morgan fingerprint density at radius 2 is 1.47 bits per heavy atom. The van der Waals surface area contributed by atoms with Gasteiger partial charge in [0.1, 0.15) is 5.65 Å². The van der Waals surface area contributed by atoms with E-state index in [1.54, 1.807) is 17.0 Å². The molecule has 1 aliphatic heterocycles. The van der Waals surface area contributed by atoms with Gasteiger partial charge in [0.2, 0.25) is 0 Å². The fourth-order valence-electron chi connectivity index (χ4n) is 5.32. The monoisotopic (exact) mass is 585 g/mol. The van der Waals surface area contributed by atoms with E-state index >= 15 is 0 Å². The number of hydrogen-bond donors (Lipinski definition) is 0. The molecule has 0 atom stereocenters. The van der Waals surface area contributed by atoms with Gasteiger partial charge in [-0.2, -0.15) is 13.2 Å². The quantitative estimate of drug-likeness (QED) is 0.167. The first kappa shape index (κ1) is 28.1. The van der Waals surface area contributed by atoms with Crippen molar-refractivity contribution in [2.45, 2.75) is 12.7 Å². The van der Waals surface area contributed by atoms with Gasteiger partial charge in [-0.15, -0.1) is 0 Å². The lowest BCUT2D eigenvalue weighted by molar-refractivity contribution is -0.384. The molecule has 3 aromatic carbocycles. The molecule has 6 rings (SSSR count). The Morgan fingerprint density at radius 1 is 0.814 bits per heavy atom. The van der Waals surface area contributed by atoms with E-state index in [1.807, 2.05) is 53.1 Å². The van der Waals surface area contributed by atoms with Gasteiger partial charge >= 0.3 is 6.18 Å². The van der Waals surface area contributed by atoms with E-state index in [9.17, 15) is 28.1 Å². The number of alkyl halides is 3. The van der Waals surface area contributed by atoms with E-state index in [2.05, 4.69) is 4.90 Å². The summed E-state index contributed by atoms with van der Waals surface area (Å²) in [7, 11) is 0. The minimum Gasteiger partial charge on any atom is -0.336 e. The molecule has 8 nitrogen and oxygen atoms in total. The van der Waals surface area contributed by atoms with Crippen molar-refractivity contribution < 1.29 is 22.9 Å². The molecule has 0 saturated carbocycles. The lowest BCUT2D eigenvalue weighted by atomic mass is 10.1. The number of nitro groups is 1. The van der Waals surface area contributed by atoms with Crippen LogP contribution in [0.25, 0.3) is 28.0 Å². The van der Waals surface area contributed by atoms with E-state index in [0.717, 1.165) is 40.2 Å². The van der Waals surface area contributed by atoms with Gasteiger partial charge in [0, 0.05) is 62.2 Å². The SMILES string of the molecule is O=C(c1ccc(C(F)(F)F)cc1)N1CCN(Cc2c(-c3ccc([N+](=O)[O-])cc3)nc3ccc(-c4ccccc4)cn23)CC1. The first-order valence-corrected chi connectivity index (χ1v) is 13.7. The van der Waals surface area contributed by atoms with E-state index in [0.29, 0.717) is 38.4 Å². The molecule has 3 heterocycles. The molecule has 0 radical (unpaired) electrons. The fourth-order valence-corrected chi connectivity index (χ4v) is 5.32. The highest BCUT2D eigenvalue weighted by Gasteiger charge is 2.31. The van der Waals surface area contributed by atoms with Crippen LogP contribution >= 0.6 is 0 Å². The number of nitro benzene ring substituents is 1. The second kappa shape index (κ2) is 11.3. The van der Waals surface area contributed by atoms with E-state index in [1.165, 1.54) is 24.3 Å². The summed E-state index contributed by atoms with van der Waals surface area (Å²) in [6, 6.07) is 24.5. The van der Waals surface area contributed by atoms with Gasteiger partial charge < -0.3 is 9.30 Å². The Balaban J connectivity index is 1.26. The number of pyridine rings is 1. The Bertz CT molecular complexity index is 1780. The predicted molar refractivity (Wildman–Crippen MR) is 155 cm³/mol. The first-order chi connectivity index (χ1) is 20.7. The number of halogens is 3. The third-order valence-electron chi connectivity index (χ3n) is 7.67. The summed E-state index contributed by atoms with van der Waals surface area (Å²) in [6.07, 6.45) is -2.42. The molecule has 0 N–H and O–H groups in total. The van der Waals surface area contributed by atoms with Crippen LogP contribution in [0, 0.1) is 10.1 Å². The first-order valence-electron chi connectivity index (χ1n) is 13.7. The molecular weight excluding hydrogens is 559 g/mol. The maximum Gasteiger partial charge on any atom is 0.416 e. The van der Waals surface area contributed by atoms with Crippen molar-refractivity contribution in [1.82, 2.24) is 19.2 Å². The molecule has 2 aromatic heterocycles. The summed E-state index contributed by atoms with van der Waals surface area (Å²) >= 11 is 0. The van der Waals surface area contributed by atoms with Gasteiger partial charge in [-0.05, 0) is 59.7 Å². The fraction of sp³-hybridized carbons (Fsp3) is 0.188. The van der Waals surface area contributed by atoms with Crippen LogP contribution in [0.5, 0.6) is 0 Å². The minimum atomic E-state index is -4.46. The van der Waals surface area contributed by atoms with Gasteiger partial charge in [-0.3, -0.25) is 19.8 Å². The van der Waals surface area contributed by atoms with Gasteiger partial charge in [0.05, 0.1) is 21.9 Å². The van der Waals surface area contributed by atoms with Crippen LogP contribution in [0.3, 0.4) is 0 Å². The van der Waals surface area contributed by atoms with Crippen molar-refractivity contribution in [2.75, 3.05) is 26.2 Å². The number of amides is 1. The number of rotatable bonds is 6. The second-order valence-corrected chi connectivity index (χ2v) is 10.4. The third-order valence-corrected chi connectivity index (χ3v) is 7.67. The summed E-state index contributed by atoms with van der Waals surface area (Å²) in [5.41, 5.74) is 4.59. The Kier molecular flexibility index (Phi) is 7.41. The third kappa shape index (κ3) is 5.84. The van der Waals surface area contributed by atoms with Crippen LogP contribution in [-0.4, -0.2) is 56.2 Å². The zero-order valence-corrected chi connectivity index (χ0v) is 22.9. The number of nitrogens with zero attached hydrogens (tertiary/aromatic N) is 5. The molecule has 11 heteroatoms. The van der Waals surface area contributed by atoms with Gasteiger partial charge in [0.15, 0.2) is 0 Å². The van der Waals surface area contributed by atoms with Gasteiger partial charge in [0.25, 0.3) is 11.6 Å². The van der Waals surface area contributed by atoms with Crippen molar-refractivity contribution in [3.63, 3.8) is 0 Å². The number of piperazine rings is 1. The highest BCUT2D eigenvalue weighted by Crippen LogP contribution is 2.31. The molecule has 43 heavy (non-hydrogen) atoms. The largest absolute Gasteiger partial charge is 0.416 e. The number of hydrogen-bond acceptors (Lipinski definition) is 5. The number of aromatic nitrogens is 2. The molecule has 1 fully saturated rings. The molecule has 1 amide bonds. The Morgan fingerprint density at radius 3 is 2.09 bits per heavy atom. The highest BCUT2D eigenvalue weighted by molar-refractivity contribution is 5.94. The zero-order chi connectivity index (χ0) is 30.1. The maximum absolute atomic E-state index is 13.0. The number of benzene rings is 3. The molecule has 5 aromatic rings. The van der Waals surface area contributed by atoms with Crippen molar-refractivity contribution in [2.24, 2.45) is 0 Å². The van der Waals surface area contributed by atoms with Crippen molar-refractivity contribution in [1.29, 1.82) is 0 Å². The van der Waals surface area contributed by atoms with Crippen LogP contribution in [0.2, 0.25) is 0 Å². The Hall–Kier alpha value is -5.03. The number of fused-ring (bicyclic) bond motifs is 1. The topological polar surface area (TPSA) is 84.0 Å². The maximum atomic E-state index is 13.0. The van der Waals surface area contributed by atoms with Crippen molar-refractivity contribution >= 4 is 17.2 Å². The lowest BCUT2D eigenvalue weighted by Crippen LogP contribution is -2.48. The molecule has 0 aliphatic carbocycles. The molecule has 0 unspecified atom stereocenters. The van der Waals surface area contributed by atoms with Crippen LogP contribution in [-0.2, 0) is 12.7 Å². The molecule has 1 aliphatic rings. The summed E-state index contributed by atoms with van der Waals surface area (Å²) in [5.74, 6) is -0.303. The number of imidazole rings is 1. The second-order valence-electron chi connectivity index (χ2n) is 10.4. The van der Waals surface area contributed by atoms with E-state index < -0.39 is 16.7 Å². The van der Waals surface area contributed by atoms with Crippen LogP contribution in [0.1, 0.15) is 21.6 Å². The van der Waals surface area contributed by atoms with Crippen molar-refractivity contribution in [3.05, 3.63) is 124 Å². The predicted octanol–water partition coefficient (Wildman–Crippen LogP) is 6.55. The standard InChI is InChI=1S/C32H26F3N5O3/c33-32(34,35)26-11-6-24(7-12-26)31(41)38-18-16-37(17-19-38)21-28-30(23-8-13-27(14-9-23)40(42)43)36-29-15-10-25(20-39(28)29)22-4-2-1-3-5-22/h1-15,20H,16-19,21H2. The normalized spacial score (nSPS) is 14.3. The summed E-state index contributed by atoms with van der Waals surface area (Å²) in [4.78, 5) is 32.5. The van der Waals surface area contributed by atoms with Gasteiger partial charge in [-0.25, -0.2) is 4.98 Å². The Labute approximate surface area is 244 Å². The molecule has 0 spiro atoms. The van der Waals surface area contributed by atoms with E-state index in [-0.39, 0.29) is 17.2 Å². The van der Waals surface area contributed by atoms with E-state index in [4.69, 9.17) is 4.98 Å². The lowest BCUT2D eigenvalue weighted by Gasteiger charge is -2.34. The minimum absolute atomic E-state index is 0.00531.